The van der Waals surface area contributed by atoms with Gasteiger partial charge in [-0.25, -0.2) is 0 Å². The number of rotatable bonds is 4. The number of nitrogens with zero attached hydrogens (tertiary/aromatic N) is 1. The Balaban J connectivity index is 2.24. The summed E-state index contributed by atoms with van der Waals surface area (Å²) in [6.45, 7) is 2.02. The lowest BCUT2D eigenvalue weighted by atomic mass is 10.0. The van der Waals surface area contributed by atoms with Crippen molar-refractivity contribution in [1.29, 1.82) is 0 Å². The van der Waals surface area contributed by atoms with Crippen molar-refractivity contribution in [1.82, 2.24) is 0 Å². The van der Waals surface area contributed by atoms with Gasteiger partial charge in [0, 0.05) is 30.1 Å². The second-order valence-corrected chi connectivity index (χ2v) is 5.76. The first-order valence-corrected chi connectivity index (χ1v) is 7.47. The van der Waals surface area contributed by atoms with Crippen LogP contribution in [0.2, 0.25) is 0 Å². The Morgan fingerprint density at radius 2 is 2.24 bits per heavy atom. The third-order valence-electron chi connectivity index (χ3n) is 3.52. The van der Waals surface area contributed by atoms with Crippen molar-refractivity contribution < 1.29 is 5.11 Å². The van der Waals surface area contributed by atoms with Crippen molar-refractivity contribution >= 4 is 17.4 Å². The van der Waals surface area contributed by atoms with E-state index in [9.17, 15) is 5.11 Å². The van der Waals surface area contributed by atoms with Crippen LogP contribution < -0.4 is 4.90 Å². The Bertz CT molecular complexity index is 363. The highest BCUT2D eigenvalue weighted by molar-refractivity contribution is 7.99. The standard InChI is InChI=1S/C14H21NOS/c1-3-14(16)12-6-4-5-7-13(12)15(2)11-8-9-17-10-11/h4-7,11,14,16H,3,8-10H2,1-2H3/t11?,14-/m0/s1. The lowest BCUT2D eigenvalue weighted by Crippen LogP contribution is -2.32. The number of aliphatic hydroxyl groups is 1. The fourth-order valence-electron chi connectivity index (χ4n) is 2.33. The zero-order chi connectivity index (χ0) is 12.3. The number of hydrogen-bond donors (Lipinski definition) is 1. The predicted molar refractivity (Wildman–Crippen MR) is 75.8 cm³/mol. The molecule has 0 amide bonds. The average Bonchev–Trinajstić information content (AvgIpc) is 2.91. The molecule has 1 saturated heterocycles. The maximum atomic E-state index is 10.1. The van der Waals surface area contributed by atoms with Gasteiger partial charge >= 0.3 is 0 Å². The summed E-state index contributed by atoms with van der Waals surface area (Å²) in [5.41, 5.74) is 2.25. The lowest BCUT2D eigenvalue weighted by Gasteiger charge is -2.29. The van der Waals surface area contributed by atoms with E-state index in [1.807, 2.05) is 30.8 Å². The first-order chi connectivity index (χ1) is 8.24. The molecule has 0 spiro atoms. The summed E-state index contributed by atoms with van der Waals surface area (Å²) in [6.07, 6.45) is 1.67. The topological polar surface area (TPSA) is 23.5 Å². The third-order valence-corrected chi connectivity index (χ3v) is 4.66. The molecule has 17 heavy (non-hydrogen) atoms. The molecule has 1 aliphatic rings. The summed E-state index contributed by atoms with van der Waals surface area (Å²) < 4.78 is 0. The van der Waals surface area contributed by atoms with E-state index in [0.29, 0.717) is 6.04 Å². The van der Waals surface area contributed by atoms with Gasteiger partial charge in [-0.3, -0.25) is 0 Å². The highest BCUT2D eigenvalue weighted by Gasteiger charge is 2.23. The van der Waals surface area contributed by atoms with Gasteiger partial charge in [0.15, 0.2) is 0 Å². The lowest BCUT2D eigenvalue weighted by molar-refractivity contribution is 0.174. The first-order valence-electron chi connectivity index (χ1n) is 6.31. The summed E-state index contributed by atoms with van der Waals surface area (Å²) in [4.78, 5) is 2.34. The molecule has 1 aliphatic heterocycles. The van der Waals surface area contributed by atoms with Gasteiger partial charge in [0.05, 0.1) is 6.10 Å². The second-order valence-electron chi connectivity index (χ2n) is 4.61. The molecule has 2 rings (SSSR count). The SMILES string of the molecule is CC[C@H](O)c1ccccc1N(C)C1CCSC1. The number of anilines is 1. The Morgan fingerprint density at radius 1 is 1.47 bits per heavy atom. The number of para-hydroxylation sites is 1. The van der Waals surface area contributed by atoms with E-state index in [2.05, 4.69) is 24.1 Å². The normalized spacial score (nSPS) is 21.5. The van der Waals surface area contributed by atoms with Crippen LogP contribution in [0.5, 0.6) is 0 Å². The number of thioether (sulfide) groups is 1. The molecule has 1 heterocycles. The van der Waals surface area contributed by atoms with Gasteiger partial charge < -0.3 is 10.0 Å². The molecule has 0 bridgehead atoms. The predicted octanol–water partition coefficient (Wildman–Crippen LogP) is 3.07. The Labute approximate surface area is 108 Å². The molecular formula is C14H21NOS. The number of benzene rings is 1. The number of aliphatic hydroxyl groups excluding tert-OH is 1. The van der Waals surface area contributed by atoms with Crippen molar-refractivity contribution in [2.45, 2.75) is 31.9 Å². The van der Waals surface area contributed by atoms with E-state index >= 15 is 0 Å². The van der Waals surface area contributed by atoms with Gasteiger partial charge in [-0.05, 0) is 24.7 Å². The van der Waals surface area contributed by atoms with Gasteiger partial charge in [-0.2, -0.15) is 11.8 Å². The molecule has 3 heteroatoms. The molecule has 2 atom stereocenters. The molecule has 1 aromatic carbocycles. The highest BCUT2D eigenvalue weighted by atomic mass is 32.2. The molecule has 1 unspecified atom stereocenters. The average molecular weight is 251 g/mol. The van der Waals surface area contributed by atoms with Crippen molar-refractivity contribution in [2.24, 2.45) is 0 Å². The smallest absolute Gasteiger partial charge is 0.0807 e. The molecule has 0 aromatic heterocycles. The van der Waals surface area contributed by atoms with Gasteiger partial charge in [0.25, 0.3) is 0 Å². The molecule has 0 radical (unpaired) electrons. The Hall–Kier alpha value is -0.670. The van der Waals surface area contributed by atoms with Gasteiger partial charge in [-0.1, -0.05) is 25.1 Å². The van der Waals surface area contributed by atoms with Gasteiger partial charge in [-0.15, -0.1) is 0 Å². The Morgan fingerprint density at radius 3 is 2.88 bits per heavy atom. The minimum atomic E-state index is -0.345. The summed E-state index contributed by atoms with van der Waals surface area (Å²) in [5, 5.41) is 10.1. The van der Waals surface area contributed by atoms with Crippen LogP contribution in [0.3, 0.4) is 0 Å². The van der Waals surface area contributed by atoms with E-state index in [-0.39, 0.29) is 6.10 Å². The number of hydrogen-bond acceptors (Lipinski definition) is 3. The Kier molecular flexibility index (Phi) is 4.35. The largest absolute Gasteiger partial charge is 0.388 e. The van der Waals surface area contributed by atoms with Gasteiger partial charge in [0.2, 0.25) is 0 Å². The maximum Gasteiger partial charge on any atom is 0.0807 e. The van der Waals surface area contributed by atoms with E-state index in [1.165, 1.54) is 23.6 Å². The van der Waals surface area contributed by atoms with E-state index in [1.54, 1.807) is 0 Å². The van der Waals surface area contributed by atoms with Crippen LogP contribution in [0.1, 0.15) is 31.4 Å². The summed E-state index contributed by atoms with van der Waals surface area (Å²) in [6, 6.07) is 8.85. The molecule has 94 valence electrons. The van der Waals surface area contributed by atoms with Crippen LogP contribution >= 0.6 is 11.8 Å². The summed E-state index contributed by atoms with van der Waals surface area (Å²) in [7, 11) is 2.15. The van der Waals surface area contributed by atoms with E-state index in [4.69, 9.17) is 0 Å². The molecule has 0 aliphatic carbocycles. The molecule has 0 saturated carbocycles. The third kappa shape index (κ3) is 2.78. The maximum absolute atomic E-state index is 10.1. The van der Waals surface area contributed by atoms with Crippen molar-refractivity contribution in [3.63, 3.8) is 0 Å². The van der Waals surface area contributed by atoms with Crippen molar-refractivity contribution in [3.8, 4) is 0 Å². The minimum Gasteiger partial charge on any atom is -0.388 e. The zero-order valence-electron chi connectivity index (χ0n) is 10.6. The molecule has 1 N–H and O–H groups in total. The van der Waals surface area contributed by atoms with Crippen LogP contribution in [-0.4, -0.2) is 29.7 Å². The molecule has 1 aromatic rings. The fourth-order valence-corrected chi connectivity index (χ4v) is 3.60. The van der Waals surface area contributed by atoms with E-state index in [0.717, 1.165) is 12.0 Å². The molecular weight excluding hydrogens is 230 g/mol. The molecule has 1 fully saturated rings. The van der Waals surface area contributed by atoms with Crippen molar-refractivity contribution in [2.75, 3.05) is 23.5 Å². The van der Waals surface area contributed by atoms with E-state index < -0.39 is 0 Å². The minimum absolute atomic E-state index is 0.345. The highest BCUT2D eigenvalue weighted by Crippen LogP contribution is 2.31. The van der Waals surface area contributed by atoms with Crippen LogP contribution in [-0.2, 0) is 0 Å². The molecule has 2 nitrogen and oxygen atoms in total. The van der Waals surface area contributed by atoms with Gasteiger partial charge in [0.1, 0.15) is 0 Å². The quantitative estimate of drug-likeness (QED) is 0.889. The second kappa shape index (κ2) is 5.78. The van der Waals surface area contributed by atoms with Crippen LogP contribution in [0.4, 0.5) is 5.69 Å². The van der Waals surface area contributed by atoms with Crippen LogP contribution in [0, 0.1) is 0 Å². The fraction of sp³-hybridized carbons (Fsp3) is 0.571. The monoisotopic (exact) mass is 251 g/mol. The summed E-state index contributed by atoms with van der Waals surface area (Å²) in [5.74, 6) is 2.46. The van der Waals surface area contributed by atoms with Crippen LogP contribution in [0.15, 0.2) is 24.3 Å². The first kappa shape index (κ1) is 12.8. The summed E-state index contributed by atoms with van der Waals surface area (Å²) >= 11 is 2.02. The van der Waals surface area contributed by atoms with Crippen LogP contribution in [0.25, 0.3) is 0 Å². The van der Waals surface area contributed by atoms with Crippen molar-refractivity contribution in [3.05, 3.63) is 29.8 Å². The zero-order valence-corrected chi connectivity index (χ0v) is 11.4.